The number of ether oxygens (including phenoxy) is 1. The Kier molecular flexibility index (Phi) is 2.33. The molecule has 0 saturated heterocycles. The van der Waals surface area contributed by atoms with E-state index >= 15 is 0 Å². The van der Waals surface area contributed by atoms with Crippen LogP contribution in [0.5, 0.6) is 5.75 Å². The van der Waals surface area contributed by atoms with Gasteiger partial charge in [0.1, 0.15) is 5.75 Å². The number of benzene rings is 1. The molecule has 0 radical (unpaired) electrons. The Morgan fingerprint density at radius 3 is 2.86 bits per heavy atom. The zero-order valence-electron chi connectivity index (χ0n) is 8.33. The number of anilines is 1. The normalized spacial score (nSPS) is 10.7. The van der Waals surface area contributed by atoms with Crippen LogP contribution in [0.15, 0.2) is 17.5 Å². The van der Waals surface area contributed by atoms with Gasteiger partial charge >= 0.3 is 0 Å². The standard InChI is InChI=1S/C11H13NOS/c1-3-7-6-14-11-8(7)4-5-9(13-2)10(11)12/h4-6H,3,12H2,1-2H3. The molecule has 0 bridgehead atoms. The van der Waals surface area contributed by atoms with Crippen LogP contribution in [0.2, 0.25) is 0 Å². The molecule has 0 atom stereocenters. The van der Waals surface area contributed by atoms with E-state index in [0.29, 0.717) is 0 Å². The van der Waals surface area contributed by atoms with Crippen molar-refractivity contribution < 1.29 is 4.74 Å². The molecule has 1 aromatic carbocycles. The summed E-state index contributed by atoms with van der Waals surface area (Å²) in [5, 5.41) is 3.43. The Morgan fingerprint density at radius 2 is 2.21 bits per heavy atom. The van der Waals surface area contributed by atoms with Crippen molar-refractivity contribution in [3.8, 4) is 5.75 Å². The summed E-state index contributed by atoms with van der Waals surface area (Å²) in [4.78, 5) is 0. The summed E-state index contributed by atoms with van der Waals surface area (Å²) >= 11 is 1.69. The van der Waals surface area contributed by atoms with Gasteiger partial charge in [-0.3, -0.25) is 0 Å². The number of rotatable bonds is 2. The molecule has 0 fully saturated rings. The van der Waals surface area contributed by atoms with Crippen molar-refractivity contribution in [2.24, 2.45) is 0 Å². The predicted octanol–water partition coefficient (Wildman–Crippen LogP) is 3.05. The summed E-state index contributed by atoms with van der Waals surface area (Å²) in [5.41, 5.74) is 8.10. The molecule has 1 heterocycles. The summed E-state index contributed by atoms with van der Waals surface area (Å²) in [5.74, 6) is 0.766. The first-order chi connectivity index (χ1) is 6.77. The average molecular weight is 207 g/mol. The van der Waals surface area contributed by atoms with Crippen LogP contribution in [0.25, 0.3) is 10.1 Å². The van der Waals surface area contributed by atoms with Crippen LogP contribution in [0.1, 0.15) is 12.5 Å². The molecule has 1 aromatic heterocycles. The lowest BCUT2D eigenvalue weighted by molar-refractivity contribution is 0.417. The predicted molar refractivity (Wildman–Crippen MR) is 62.2 cm³/mol. The van der Waals surface area contributed by atoms with E-state index in [1.54, 1.807) is 18.4 Å². The first-order valence-electron chi connectivity index (χ1n) is 4.60. The third-order valence-electron chi connectivity index (χ3n) is 2.42. The molecule has 0 unspecified atom stereocenters. The molecule has 2 N–H and O–H groups in total. The number of fused-ring (bicyclic) bond motifs is 1. The second-order valence-electron chi connectivity index (χ2n) is 3.17. The number of hydrogen-bond acceptors (Lipinski definition) is 3. The monoisotopic (exact) mass is 207 g/mol. The Labute approximate surface area is 87.3 Å². The summed E-state index contributed by atoms with van der Waals surface area (Å²) < 4.78 is 6.32. The van der Waals surface area contributed by atoms with Gasteiger partial charge in [-0.15, -0.1) is 11.3 Å². The van der Waals surface area contributed by atoms with Gasteiger partial charge in [0, 0.05) is 0 Å². The molecule has 74 valence electrons. The molecule has 3 heteroatoms. The van der Waals surface area contributed by atoms with Crippen LogP contribution in [0.3, 0.4) is 0 Å². The van der Waals surface area contributed by atoms with Crippen molar-refractivity contribution in [3.63, 3.8) is 0 Å². The first kappa shape index (κ1) is 9.34. The lowest BCUT2D eigenvalue weighted by atomic mass is 10.1. The number of thiophene rings is 1. The molecule has 0 saturated carbocycles. The second-order valence-corrected chi connectivity index (χ2v) is 4.05. The van der Waals surface area contributed by atoms with Crippen molar-refractivity contribution >= 4 is 27.1 Å². The molecular weight excluding hydrogens is 194 g/mol. The molecule has 2 rings (SSSR count). The zero-order valence-corrected chi connectivity index (χ0v) is 9.15. The maximum atomic E-state index is 5.98. The Hall–Kier alpha value is -1.22. The number of hydrogen-bond donors (Lipinski definition) is 1. The van der Waals surface area contributed by atoms with Gasteiger partial charge in [0.25, 0.3) is 0 Å². The highest BCUT2D eigenvalue weighted by Gasteiger charge is 2.08. The summed E-state index contributed by atoms with van der Waals surface area (Å²) in [6, 6.07) is 4.02. The minimum atomic E-state index is 0.759. The topological polar surface area (TPSA) is 35.2 Å². The highest BCUT2D eigenvalue weighted by Crippen LogP contribution is 2.36. The van der Waals surface area contributed by atoms with Crippen LogP contribution in [-0.2, 0) is 6.42 Å². The van der Waals surface area contributed by atoms with Gasteiger partial charge in [0.2, 0.25) is 0 Å². The Bertz CT molecular complexity index is 462. The van der Waals surface area contributed by atoms with Crippen molar-refractivity contribution in [2.45, 2.75) is 13.3 Å². The van der Waals surface area contributed by atoms with E-state index in [2.05, 4.69) is 18.4 Å². The van der Waals surface area contributed by atoms with Crippen LogP contribution < -0.4 is 10.5 Å². The zero-order chi connectivity index (χ0) is 10.1. The molecule has 0 aliphatic rings. The van der Waals surface area contributed by atoms with Gasteiger partial charge in [0.05, 0.1) is 17.5 Å². The summed E-state index contributed by atoms with van der Waals surface area (Å²) in [6.07, 6.45) is 1.05. The smallest absolute Gasteiger partial charge is 0.143 e. The van der Waals surface area contributed by atoms with E-state index in [1.807, 2.05) is 6.07 Å². The van der Waals surface area contributed by atoms with Gasteiger partial charge < -0.3 is 10.5 Å². The van der Waals surface area contributed by atoms with E-state index in [-0.39, 0.29) is 0 Å². The van der Waals surface area contributed by atoms with Gasteiger partial charge in [-0.05, 0) is 34.9 Å². The SMILES string of the molecule is CCc1csc2c(N)c(OC)ccc12. The molecule has 0 amide bonds. The van der Waals surface area contributed by atoms with Crippen molar-refractivity contribution in [3.05, 3.63) is 23.1 Å². The molecule has 2 aromatic rings. The number of nitrogens with two attached hydrogens (primary N) is 1. The van der Waals surface area contributed by atoms with Gasteiger partial charge in [-0.1, -0.05) is 6.92 Å². The summed E-state index contributed by atoms with van der Waals surface area (Å²) in [6.45, 7) is 2.15. The number of aryl methyl sites for hydroxylation is 1. The second kappa shape index (κ2) is 3.50. The van der Waals surface area contributed by atoms with Crippen LogP contribution in [0.4, 0.5) is 5.69 Å². The molecule has 2 nitrogen and oxygen atoms in total. The fourth-order valence-electron chi connectivity index (χ4n) is 1.61. The Morgan fingerprint density at radius 1 is 1.43 bits per heavy atom. The van der Waals surface area contributed by atoms with E-state index < -0.39 is 0 Å². The molecule has 0 spiro atoms. The fraction of sp³-hybridized carbons (Fsp3) is 0.273. The van der Waals surface area contributed by atoms with Gasteiger partial charge in [-0.2, -0.15) is 0 Å². The first-order valence-corrected chi connectivity index (χ1v) is 5.48. The average Bonchev–Trinajstić information content (AvgIpc) is 2.62. The third-order valence-corrected chi connectivity index (χ3v) is 3.50. The van der Waals surface area contributed by atoms with Crippen LogP contribution >= 0.6 is 11.3 Å². The lowest BCUT2D eigenvalue weighted by Crippen LogP contribution is -1.91. The molecule has 0 aliphatic carbocycles. The molecule has 0 aliphatic heterocycles. The van der Waals surface area contributed by atoms with Crippen molar-refractivity contribution in [1.29, 1.82) is 0 Å². The van der Waals surface area contributed by atoms with Crippen LogP contribution in [0, 0.1) is 0 Å². The maximum Gasteiger partial charge on any atom is 0.143 e. The fourth-order valence-corrected chi connectivity index (χ4v) is 2.71. The summed E-state index contributed by atoms with van der Waals surface area (Å²) in [7, 11) is 1.64. The highest BCUT2D eigenvalue weighted by atomic mass is 32.1. The maximum absolute atomic E-state index is 5.98. The van der Waals surface area contributed by atoms with E-state index in [4.69, 9.17) is 10.5 Å². The minimum Gasteiger partial charge on any atom is -0.495 e. The Balaban J connectivity index is 2.72. The largest absolute Gasteiger partial charge is 0.495 e. The quantitative estimate of drug-likeness (QED) is 0.768. The molecular formula is C11H13NOS. The minimum absolute atomic E-state index is 0.759. The van der Waals surface area contributed by atoms with Crippen molar-refractivity contribution in [2.75, 3.05) is 12.8 Å². The third kappa shape index (κ3) is 1.24. The van der Waals surface area contributed by atoms with Crippen LogP contribution in [-0.4, -0.2) is 7.11 Å². The number of methoxy groups -OCH3 is 1. The molecule has 14 heavy (non-hydrogen) atoms. The van der Waals surface area contributed by atoms with E-state index in [0.717, 1.165) is 22.6 Å². The highest BCUT2D eigenvalue weighted by molar-refractivity contribution is 7.18. The van der Waals surface area contributed by atoms with E-state index in [9.17, 15) is 0 Å². The van der Waals surface area contributed by atoms with E-state index in [1.165, 1.54) is 10.9 Å². The lowest BCUT2D eigenvalue weighted by Gasteiger charge is -2.04. The van der Waals surface area contributed by atoms with Crippen molar-refractivity contribution in [1.82, 2.24) is 0 Å². The van der Waals surface area contributed by atoms with Gasteiger partial charge in [-0.25, -0.2) is 0 Å². The number of nitrogen functional groups attached to an aromatic ring is 1. The van der Waals surface area contributed by atoms with Gasteiger partial charge in [0.15, 0.2) is 0 Å².